The van der Waals surface area contributed by atoms with Crippen molar-refractivity contribution in [1.82, 2.24) is 20.0 Å². The van der Waals surface area contributed by atoms with Crippen LogP contribution in [0.25, 0.3) is 0 Å². The lowest BCUT2D eigenvalue weighted by Crippen LogP contribution is -2.43. The average molecular weight is 268 g/mol. The van der Waals surface area contributed by atoms with E-state index in [0.29, 0.717) is 18.2 Å². The van der Waals surface area contributed by atoms with Gasteiger partial charge >= 0.3 is 0 Å². The molecule has 0 aliphatic carbocycles. The summed E-state index contributed by atoms with van der Waals surface area (Å²) in [4.78, 5) is 13.7. The van der Waals surface area contributed by atoms with Crippen LogP contribution >= 0.6 is 0 Å². The number of amides is 1. The summed E-state index contributed by atoms with van der Waals surface area (Å²) in [6.45, 7) is 6.21. The van der Waals surface area contributed by atoms with Crippen molar-refractivity contribution in [1.29, 1.82) is 0 Å². The van der Waals surface area contributed by atoms with Gasteiger partial charge in [-0.1, -0.05) is 0 Å². The summed E-state index contributed by atoms with van der Waals surface area (Å²) in [6, 6.07) is 0.310. The molecule has 108 valence electrons. The fourth-order valence-electron chi connectivity index (χ4n) is 1.54. The van der Waals surface area contributed by atoms with Gasteiger partial charge in [0.2, 0.25) is 5.91 Å². The summed E-state index contributed by atoms with van der Waals surface area (Å²) in [5.41, 5.74) is -0.423. The zero-order valence-electron chi connectivity index (χ0n) is 12.3. The first kappa shape index (κ1) is 15.7. The minimum absolute atomic E-state index is 0.0969. The Kier molecular flexibility index (Phi) is 5.08. The van der Waals surface area contributed by atoms with Crippen LogP contribution in [0.3, 0.4) is 0 Å². The van der Waals surface area contributed by atoms with Crippen molar-refractivity contribution in [3.05, 3.63) is 18.0 Å². The van der Waals surface area contributed by atoms with E-state index in [0.717, 1.165) is 0 Å². The van der Waals surface area contributed by atoms with Crippen LogP contribution < -0.4 is 5.32 Å². The quantitative estimate of drug-likeness (QED) is 0.767. The zero-order valence-corrected chi connectivity index (χ0v) is 12.3. The summed E-state index contributed by atoms with van der Waals surface area (Å²) >= 11 is 0. The van der Waals surface area contributed by atoms with Crippen molar-refractivity contribution in [2.24, 2.45) is 7.05 Å². The van der Waals surface area contributed by atoms with Gasteiger partial charge in [-0.2, -0.15) is 5.10 Å². The van der Waals surface area contributed by atoms with Gasteiger partial charge in [0.15, 0.2) is 0 Å². The lowest BCUT2D eigenvalue weighted by atomic mass is 10.00. The number of nitrogens with zero attached hydrogens (tertiary/aromatic N) is 3. The number of hydrogen-bond acceptors (Lipinski definition) is 4. The van der Waals surface area contributed by atoms with Crippen LogP contribution in [0.4, 0.5) is 0 Å². The van der Waals surface area contributed by atoms with Crippen molar-refractivity contribution in [3.8, 4) is 0 Å². The molecule has 19 heavy (non-hydrogen) atoms. The van der Waals surface area contributed by atoms with E-state index in [1.165, 1.54) is 0 Å². The topological polar surface area (TPSA) is 70.4 Å². The van der Waals surface area contributed by atoms with Crippen molar-refractivity contribution in [2.75, 3.05) is 20.1 Å². The first-order valence-electron chi connectivity index (χ1n) is 6.41. The first-order valence-corrected chi connectivity index (χ1v) is 6.41. The molecule has 1 aromatic heterocycles. The Bertz CT molecular complexity index is 426. The average Bonchev–Trinajstić information content (AvgIpc) is 2.74. The molecule has 1 rings (SSSR count). The summed E-state index contributed by atoms with van der Waals surface area (Å²) in [5.74, 6) is -0.0969. The van der Waals surface area contributed by atoms with Crippen LogP contribution in [0, 0.1) is 0 Å². The number of aliphatic hydroxyl groups is 1. The normalized spacial score (nSPS) is 14.7. The van der Waals surface area contributed by atoms with Gasteiger partial charge < -0.3 is 10.4 Å². The zero-order chi connectivity index (χ0) is 14.6. The maximum absolute atomic E-state index is 11.8. The minimum Gasteiger partial charge on any atom is -0.383 e. The second-order valence-corrected chi connectivity index (χ2v) is 5.46. The molecule has 1 unspecified atom stereocenters. The molecule has 0 bridgehead atoms. The number of nitrogens with one attached hydrogen (secondary N) is 1. The molecular weight excluding hydrogens is 244 g/mol. The molecule has 1 aromatic rings. The Labute approximate surface area is 114 Å². The Morgan fingerprint density at radius 2 is 2.26 bits per heavy atom. The van der Waals surface area contributed by atoms with Crippen LogP contribution in [0.2, 0.25) is 0 Å². The number of carbonyl (C=O) groups excluding carboxylic acids is 1. The van der Waals surface area contributed by atoms with Gasteiger partial charge in [0, 0.05) is 24.8 Å². The maximum atomic E-state index is 11.8. The van der Waals surface area contributed by atoms with Crippen LogP contribution in [-0.4, -0.2) is 51.9 Å². The van der Waals surface area contributed by atoms with Gasteiger partial charge in [-0.3, -0.25) is 14.4 Å². The minimum atomic E-state index is -1.11. The standard InChI is InChI=1S/C13H24N4O2/c1-10(2)16(4)8-12(18)14-9-13(3,19)11-6-15-17(5)7-11/h6-7,10,19H,8-9H2,1-5H3,(H,14,18). The molecule has 0 fully saturated rings. The molecule has 1 heterocycles. The first-order chi connectivity index (χ1) is 8.72. The van der Waals surface area contributed by atoms with E-state index in [1.807, 2.05) is 25.8 Å². The molecule has 0 spiro atoms. The van der Waals surface area contributed by atoms with Crippen molar-refractivity contribution < 1.29 is 9.90 Å². The molecule has 1 atom stereocenters. The number of hydrogen-bond donors (Lipinski definition) is 2. The molecule has 6 nitrogen and oxygen atoms in total. The summed E-state index contributed by atoms with van der Waals surface area (Å²) in [5, 5.41) is 17.1. The van der Waals surface area contributed by atoms with Gasteiger partial charge in [0.1, 0.15) is 5.60 Å². The Morgan fingerprint density at radius 1 is 1.63 bits per heavy atom. The monoisotopic (exact) mass is 268 g/mol. The molecule has 0 saturated carbocycles. The Hall–Kier alpha value is -1.40. The largest absolute Gasteiger partial charge is 0.383 e. The predicted octanol–water partition coefficient (Wildman–Crippen LogP) is 0.0840. The number of likely N-dealkylation sites (N-methyl/N-ethyl adjacent to an activating group) is 1. The third kappa shape index (κ3) is 4.65. The molecule has 0 aliphatic rings. The molecule has 0 aliphatic heterocycles. The molecule has 2 N–H and O–H groups in total. The second-order valence-electron chi connectivity index (χ2n) is 5.46. The number of aryl methyl sites for hydroxylation is 1. The lowest BCUT2D eigenvalue weighted by molar-refractivity contribution is -0.123. The van der Waals surface area contributed by atoms with E-state index < -0.39 is 5.60 Å². The number of carbonyl (C=O) groups is 1. The molecule has 0 saturated heterocycles. The van der Waals surface area contributed by atoms with Gasteiger partial charge in [-0.15, -0.1) is 0 Å². The molecule has 6 heteroatoms. The summed E-state index contributed by atoms with van der Waals surface area (Å²) in [6.07, 6.45) is 3.35. The van der Waals surface area contributed by atoms with E-state index in [-0.39, 0.29) is 12.5 Å². The van der Waals surface area contributed by atoms with Crippen LogP contribution in [0.5, 0.6) is 0 Å². The third-order valence-corrected chi connectivity index (χ3v) is 3.23. The van der Waals surface area contributed by atoms with Crippen LogP contribution in [0.15, 0.2) is 12.4 Å². The number of rotatable bonds is 6. The highest BCUT2D eigenvalue weighted by atomic mass is 16.3. The SMILES string of the molecule is CC(C)N(C)CC(=O)NCC(C)(O)c1cnn(C)c1. The molecule has 0 aromatic carbocycles. The van der Waals surface area contributed by atoms with Crippen LogP contribution in [-0.2, 0) is 17.4 Å². The van der Waals surface area contributed by atoms with Crippen molar-refractivity contribution in [3.63, 3.8) is 0 Å². The predicted molar refractivity (Wildman–Crippen MR) is 73.6 cm³/mol. The van der Waals surface area contributed by atoms with Gasteiger partial charge in [0.05, 0.1) is 19.3 Å². The summed E-state index contributed by atoms with van der Waals surface area (Å²) in [7, 11) is 3.68. The van der Waals surface area contributed by atoms with E-state index in [4.69, 9.17) is 0 Å². The highest BCUT2D eigenvalue weighted by Gasteiger charge is 2.25. The van der Waals surface area contributed by atoms with E-state index in [1.54, 1.807) is 31.0 Å². The van der Waals surface area contributed by atoms with E-state index >= 15 is 0 Å². The summed E-state index contributed by atoms with van der Waals surface area (Å²) < 4.78 is 1.62. The Morgan fingerprint density at radius 3 is 2.74 bits per heavy atom. The highest BCUT2D eigenvalue weighted by molar-refractivity contribution is 5.78. The van der Waals surface area contributed by atoms with Crippen molar-refractivity contribution in [2.45, 2.75) is 32.4 Å². The smallest absolute Gasteiger partial charge is 0.234 e. The van der Waals surface area contributed by atoms with Crippen LogP contribution in [0.1, 0.15) is 26.3 Å². The maximum Gasteiger partial charge on any atom is 0.234 e. The van der Waals surface area contributed by atoms with E-state index in [9.17, 15) is 9.90 Å². The third-order valence-electron chi connectivity index (χ3n) is 3.23. The molecule has 0 radical (unpaired) electrons. The number of aromatic nitrogens is 2. The highest BCUT2D eigenvalue weighted by Crippen LogP contribution is 2.18. The molecular formula is C13H24N4O2. The van der Waals surface area contributed by atoms with Gasteiger partial charge in [0.25, 0.3) is 0 Å². The van der Waals surface area contributed by atoms with Crippen molar-refractivity contribution >= 4 is 5.91 Å². The fourth-order valence-corrected chi connectivity index (χ4v) is 1.54. The fraction of sp³-hybridized carbons (Fsp3) is 0.692. The lowest BCUT2D eigenvalue weighted by Gasteiger charge is -2.24. The second kappa shape index (κ2) is 6.16. The van der Waals surface area contributed by atoms with Gasteiger partial charge in [-0.25, -0.2) is 0 Å². The Balaban J connectivity index is 2.49. The van der Waals surface area contributed by atoms with E-state index in [2.05, 4.69) is 10.4 Å². The van der Waals surface area contributed by atoms with Gasteiger partial charge in [-0.05, 0) is 27.8 Å². The molecule has 1 amide bonds.